The number of esters is 3. The van der Waals surface area contributed by atoms with Crippen molar-refractivity contribution in [1.29, 1.82) is 0 Å². The lowest BCUT2D eigenvalue weighted by atomic mass is 10.0. The summed E-state index contributed by atoms with van der Waals surface area (Å²) >= 11 is 0. The monoisotopic (exact) mass is 1090 g/mol. The van der Waals surface area contributed by atoms with Crippen LogP contribution < -0.4 is 0 Å². The molecule has 0 aliphatic heterocycles. The van der Waals surface area contributed by atoms with E-state index in [4.69, 9.17) is 14.2 Å². The van der Waals surface area contributed by atoms with Gasteiger partial charge in [-0.25, -0.2) is 0 Å². The van der Waals surface area contributed by atoms with E-state index >= 15 is 0 Å². The van der Waals surface area contributed by atoms with Gasteiger partial charge in [-0.15, -0.1) is 0 Å². The molecule has 0 spiro atoms. The second-order valence-corrected chi connectivity index (χ2v) is 23.1. The predicted octanol–water partition coefficient (Wildman–Crippen LogP) is 23.5. The Balaban J connectivity index is 4.02. The van der Waals surface area contributed by atoms with Crippen molar-refractivity contribution in [3.63, 3.8) is 0 Å². The van der Waals surface area contributed by atoms with Crippen molar-refractivity contribution in [2.24, 2.45) is 0 Å². The van der Waals surface area contributed by atoms with Crippen LogP contribution in [0.3, 0.4) is 0 Å². The second kappa shape index (κ2) is 66.6. The first kappa shape index (κ1) is 75.1. The first-order valence-corrected chi connectivity index (χ1v) is 34.3. The molecule has 0 aromatic rings. The van der Waals surface area contributed by atoms with Gasteiger partial charge in [-0.3, -0.25) is 14.4 Å². The van der Waals surface area contributed by atoms with Crippen LogP contribution in [-0.2, 0) is 28.6 Å². The molecule has 0 aromatic carbocycles. The van der Waals surface area contributed by atoms with Gasteiger partial charge in [0.15, 0.2) is 6.10 Å². The number of carbonyl (C=O) groups excluding carboxylic acids is 3. The van der Waals surface area contributed by atoms with Crippen LogP contribution in [0, 0.1) is 0 Å². The summed E-state index contributed by atoms with van der Waals surface area (Å²) in [5.74, 6) is -0.864. The molecule has 6 nitrogen and oxygen atoms in total. The summed E-state index contributed by atoms with van der Waals surface area (Å²) in [5.41, 5.74) is 0. The topological polar surface area (TPSA) is 78.9 Å². The number of rotatable bonds is 63. The molecule has 78 heavy (non-hydrogen) atoms. The molecule has 1 atom stereocenters. The fraction of sp³-hybridized carbons (Fsp3) is 0.819. The third-order valence-electron chi connectivity index (χ3n) is 15.2. The third-order valence-corrected chi connectivity index (χ3v) is 15.2. The molecule has 0 aliphatic carbocycles. The molecule has 0 heterocycles. The van der Waals surface area contributed by atoms with Crippen molar-refractivity contribution in [1.82, 2.24) is 0 Å². The van der Waals surface area contributed by atoms with Crippen LogP contribution in [0.1, 0.15) is 361 Å². The highest BCUT2D eigenvalue weighted by Crippen LogP contribution is 2.17. The van der Waals surface area contributed by atoms with Gasteiger partial charge in [-0.2, -0.15) is 0 Å². The summed E-state index contributed by atoms with van der Waals surface area (Å²) in [6.45, 7) is 6.60. The summed E-state index contributed by atoms with van der Waals surface area (Å²) in [6.07, 6.45) is 85.7. The van der Waals surface area contributed by atoms with Gasteiger partial charge in [-0.1, -0.05) is 313 Å². The molecule has 0 aromatic heterocycles. The van der Waals surface area contributed by atoms with Crippen LogP contribution in [0.15, 0.2) is 60.8 Å². The highest BCUT2D eigenvalue weighted by atomic mass is 16.6. The lowest BCUT2D eigenvalue weighted by molar-refractivity contribution is -0.167. The lowest BCUT2D eigenvalue weighted by Crippen LogP contribution is -2.30. The molecule has 0 saturated carbocycles. The minimum atomic E-state index is -0.771. The van der Waals surface area contributed by atoms with Gasteiger partial charge in [-0.05, 0) is 89.9 Å². The zero-order chi connectivity index (χ0) is 56.4. The SMILES string of the molecule is CCCCCCC/C=C\C/C=C\C/C=C\CCCCCCCCCCCCCCCCC(=O)OCC(COC(=O)CCCCCCCC)OC(=O)CCCCCCCCCCCCCCC/C=C\C/C=C\CCCCCCC. The minimum Gasteiger partial charge on any atom is -0.462 e. The van der Waals surface area contributed by atoms with E-state index in [9.17, 15) is 14.4 Å². The van der Waals surface area contributed by atoms with Crippen LogP contribution >= 0.6 is 0 Å². The molecular weight excluding hydrogens is 961 g/mol. The maximum absolute atomic E-state index is 12.9. The molecule has 0 saturated heterocycles. The first-order chi connectivity index (χ1) is 38.5. The van der Waals surface area contributed by atoms with Crippen LogP contribution in [0.5, 0.6) is 0 Å². The number of carbonyl (C=O) groups is 3. The zero-order valence-electron chi connectivity index (χ0n) is 52.2. The number of hydrogen-bond donors (Lipinski definition) is 0. The Morgan fingerprint density at radius 2 is 0.462 bits per heavy atom. The Hall–Kier alpha value is -2.89. The summed E-state index contributed by atoms with van der Waals surface area (Å²) in [4.78, 5) is 38.1. The van der Waals surface area contributed by atoms with Crippen molar-refractivity contribution in [2.45, 2.75) is 367 Å². The molecule has 0 N–H and O–H groups in total. The number of unbranched alkanes of at least 4 members (excludes halogenated alkanes) is 42. The molecule has 6 heteroatoms. The Bertz CT molecular complexity index is 1390. The van der Waals surface area contributed by atoms with E-state index in [-0.39, 0.29) is 31.1 Å². The smallest absolute Gasteiger partial charge is 0.306 e. The number of allylic oxidation sites excluding steroid dienone is 10. The second-order valence-electron chi connectivity index (χ2n) is 23.1. The van der Waals surface area contributed by atoms with Gasteiger partial charge < -0.3 is 14.2 Å². The Kier molecular flexibility index (Phi) is 64.2. The molecule has 0 radical (unpaired) electrons. The molecular formula is C72H130O6. The third kappa shape index (κ3) is 63.9. The van der Waals surface area contributed by atoms with E-state index < -0.39 is 6.10 Å². The first-order valence-electron chi connectivity index (χ1n) is 34.3. The fourth-order valence-corrected chi connectivity index (χ4v) is 10.1. The lowest BCUT2D eigenvalue weighted by Gasteiger charge is -2.18. The van der Waals surface area contributed by atoms with Crippen LogP contribution in [-0.4, -0.2) is 37.2 Å². The van der Waals surface area contributed by atoms with E-state index in [1.54, 1.807) is 0 Å². The average molecular weight is 1090 g/mol. The van der Waals surface area contributed by atoms with Crippen molar-refractivity contribution >= 4 is 17.9 Å². The van der Waals surface area contributed by atoms with Gasteiger partial charge in [0.05, 0.1) is 0 Å². The van der Waals surface area contributed by atoms with Gasteiger partial charge >= 0.3 is 17.9 Å². The Labute approximate surface area is 485 Å². The predicted molar refractivity (Wildman–Crippen MR) is 339 cm³/mol. The molecule has 0 fully saturated rings. The van der Waals surface area contributed by atoms with Crippen LogP contribution in [0.25, 0.3) is 0 Å². The molecule has 0 amide bonds. The van der Waals surface area contributed by atoms with Crippen molar-refractivity contribution in [3.8, 4) is 0 Å². The van der Waals surface area contributed by atoms with Gasteiger partial charge in [0.2, 0.25) is 0 Å². The van der Waals surface area contributed by atoms with Gasteiger partial charge in [0, 0.05) is 19.3 Å². The molecule has 454 valence electrons. The standard InChI is InChI=1S/C72H130O6/c1-4-7-10-13-16-18-20-22-24-26-28-30-32-34-35-36-37-39-40-42-44-46-48-50-52-54-56-59-62-65-71(74)77-68-69(67-76-70(73)64-61-58-15-12-9-6-3)78-72(75)66-63-60-57-55-53-51-49-47-45-43-41-38-33-31-29-27-25-23-21-19-17-14-11-8-5-2/h20-23,26-29,32,34,69H,4-19,24-25,30-31,33,35-68H2,1-3H3/b22-20-,23-21-,28-26-,29-27-,34-32-. The molecule has 0 bridgehead atoms. The maximum Gasteiger partial charge on any atom is 0.306 e. The molecule has 1 unspecified atom stereocenters. The van der Waals surface area contributed by atoms with Gasteiger partial charge in [0.1, 0.15) is 13.2 Å². The largest absolute Gasteiger partial charge is 0.462 e. The van der Waals surface area contributed by atoms with Crippen molar-refractivity contribution < 1.29 is 28.6 Å². The fourth-order valence-electron chi connectivity index (χ4n) is 10.1. The van der Waals surface area contributed by atoms with Crippen LogP contribution in [0.2, 0.25) is 0 Å². The Morgan fingerprint density at radius 3 is 0.718 bits per heavy atom. The highest BCUT2D eigenvalue weighted by Gasteiger charge is 2.19. The summed E-state index contributed by atoms with van der Waals surface area (Å²) in [5, 5.41) is 0. The average Bonchev–Trinajstić information content (AvgIpc) is 3.44. The number of hydrogen-bond acceptors (Lipinski definition) is 6. The Morgan fingerprint density at radius 1 is 0.256 bits per heavy atom. The van der Waals surface area contributed by atoms with E-state index in [1.165, 1.54) is 244 Å². The van der Waals surface area contributed by atoms with Crippen molar-refractivity contribution in [3.05, 3.63) is 60.8 Å². The zero-order valence-corrected chi connectivity index (χ0v) is 52.2. The summed E-state index contributed by atoms with van der Waals surface area (Å²) < 4.78 is 16.8. The van der Waals surface area contributed by atoms with E-state index in [0.29, 0.717) is 19.3 Å². The molecule has 0 aliphatic rings. The van der Waals surface area contributed by atoms with E-state index in [0.717, 1.165) is 77.0 Å². The quantitative estimate of drug-likeness (QED) is 0.0261. The highest BCUT2D eigenvalue weighted by molar-refractivity contribution is 5.71. The summed E-state index contributed by atoms with van der Waals surface area (Å²) in [7, 11) is 0. The number of ether oxygens (including phenoxy) is 3. The van der Waals surface area contributed by atoms with E-state index in [2.05, 4.69) is 81.5 Å². The van der Waals surface area contributed by atoms with Crippen LogP contribution in [0.4, 0.5) is 0 Å². The van der Waals surface area contributed by atoms with Crippen molar-refractivity contribution in [2.75, 3.05) is 13.2 Å². The maximum atomic E-state index is 12.9. The summed E-state index contributed by atoms with van der Waals surface area (Å²) in [6, 6.07) is 0. The minimum absolute atomic E-state index is 0.0714. The van der Waals surface area contributed by atoms with E-state index in [1.807, 2.05) is 0 Å². The van der Waals surface area contributed by atoms with Gasteiger partial charge in [0.25, 0.3) is 0 Å². The normalized spacial score (nSPS) is 12.4. The molecule has 0 rings (SSSR count).